The van der Waals surface area contributed by atoms with Gasteiger partial charge in [-0.1, -0.05) is 192 Å². The molecule has 0 amide bonds. The lowest BCUT2D eigenvalue weighted by atomic mass is 9.97. The van der Waals surface area contributed by atoms with E-state index in [4.69, 9.17) is 18.3 Å². The van der Waals surface area contributed by atoms with E-state index in [0.717, 1.165) is 37.9 Å². The Labute approximate surface area is 359 Å². The highest BCUT2D eigenvalue weighted by molar-refractivity contribution is 6.74. The van der Waals surface area contributed by atoms with E-state index in [9.17, 15) is 0 Å². The van der Waals surface area contributed by atoms with Crippen molar-refractivity contribution in [1.82, 2.24) is 0 Å². The van der Waals surface area contributed by atoms with E-state index in [2.05, 4.69) is 154 Å². The predicted octanol–water partition coefficient (Wildman–Crippen LogP) is 16.0. The molecule has 0 saturated heterocycles. The number of ether oxygens (including phenoxy) is 2. The zero-order valence-electron chi connectivity index (χ0n) is 39.2. The van der Waals surface area contributed by atoms with E-state index in [0.29, 0.717) is 13.2 Å². The number of hydrogen-bond acceptors (Lipinski definition) is 4. The number of unbranched alkanes of at least 4 members (excludes halogenated alkanes) is 10. The fourth-order valence-corrected chi connectivity index (χ4v) is 9.89. The van der Waals surface area contributed by atoms with E-state index in [-0.39, 0.29) is 28.4 Å². The van der Waals surface area contributed by atoms with Crippen molar-refractivity contribution in [3.63, 3.8) is 0 Å². The predicted molar refractivity (Wildman–Crippen MR) is 255 cm³/mol. The molecule has 0 heterocycles. The van der Waals surface area contributed by atoms with Gasteiger partial charge in [0, 0.05) is 12.2 Å². The first kappa shape index (κ1) is 50.1. The molecule has 3 atom stereocenters. The van der Waals surface area contributed by atoms with Crippen LogP contribution in [0.4, 0.5) is 0 Å². The first-order chi connectivity index (χ1) is 27.5. The third kappa shape index (κ3) is 19.4. The quantitative estimate of drug-likeness (QED) is 0.0516. The van der Waals surface area contributed by atoms with Crippen LogP contribution in [-0.2, 0) is 33.2 Å². The molecule has 0 aromatic heterocycles. The van der Waals surface area contributed by atoms with Gasteiger partial charge in [0.25, 0.3) is 0 Å². The van der Waals surface area contributed by atoms with Crippen molar-refractivity contribution in [1.29, 1.82) is 0 Å². The molecule has 0 aliphatic rings. The lowest BCUT2D eigenvalue weighted by Gasteiger charge is -2.43. The molecule has 6 heteroatoms. The van der Waals surface area contributed by atoms with Gasteiger partial charge < -0.3 is 18.3 Å². The molecule has 3 rings (SSSR count). The van der Waals surface area contributed by atoms with Gasteiger partial charge in [-0.25, -0.2) is 0 Å². The maximum absolute atomic E-state index is 7.43. The third-order valence-electron chi connectivity index (χ3n) is 13.0. The topological polar surface area (TPSA) is 36.9 Å². The Bertz CT molecular complexity index is 1480. The highest BCUT2D eigenvalue weighted by Gasteiger charge is 2.42. The van der Waals surface area contributed by atoms with Crippen molar-refractivity contribution in [2.75, 3.05) is 0 Å². The van der Waals surface area contributed by atoms with Gasteiger partial charge in [0.05, 0.1) is 12.7 Å². The Morgan fingerprint density at radius 1 is 0.466 bits per heavy atom. The minimum absolute atomic E-state index is 0.0551. The number of aryl methyl sites for hydroxylation is 1. The van der Waals surface area contributed by atoms with Gasteiger partial charge >= 0.3 is 0 Å². The maximum Gasteiger partial charge on any atom is 0.192 e. The van der Waals surface area contributed by atoms with Crippen LogP contribution < -0.4 is 4.74 Å². The summed E-state index contributed by atoms with van der Waals surface area (Å²) >= 11 is 0. The second kappa shape index (κ2) is 25.5. The zero-order valence-corrected chi connectivity index (χ0v) is 41.2. The fraction of sp³-hybridized carbons (Fsp3) is 0.654. The van der Waals surface area contributed by atoms with Crippen molar-refractivity contribution in [3.8, 4) is 5.75 Å². The summed E-state index contributed by atoms with van der Waals surface area (Å²) in [6.45, 7) is 27.4. The molecule has 0 spiro atoms. The van der Waals surface area contributed by atoms with Gasteiger partial charge in [0.2, 0.25) is 0 Å². The molecule has 0 aliphatic carbocycles. The highest BCUT2D eigenvalue weighted by atomic mass is 28.4. The van der Waals surface area contributed by atoms with Gasteiger partial charge in [-0.2, -0.15) is 0 Å². The lowest BCUT2D eigenvalue weighted by molar-refractivity contribution is -0.00880. The minimum Gasteiger partial charge on any atom is -0.489 e. The van der Waals surface area contributed by atoms with Crippen molar-refractivity contribution < 1.29 is 18.3 Å². The first-order valence-corrected chi connectivity index (χ1v) is 29.1. The second-order valence-corrected chi connectivity index (χ2v) is 29.7. The van der Waals surface area contributed by atoms with E-state index in [1.807, 2.05) is 6.07 Å². The van der Waals surface area contributed by atoms with E-state index in [1.54, 1.807) is 0 Å². The standard InChI is InChI=1S/C52H86O4Si2/c1-12-13-14-15-16-17-18-19-20-21-28-33-49(55-57(8,9)51(2,3)4)41-50(56-58(10,11)52(5,6)7)40-48(54-43-46-31-26-23-27-32-46)39-36-44-34-37-47(38-35-44)53-42-45-29-24-22-25-30-45/h22-27,29-32,34-35,37-38,48-50H,12-21,28,33,36,39-43H2,1-11H3/t48-,49-,50-/m1/s1. The van der Waals surface area contributed by atoms with Crippen molar-refractivity contribution >= 4 is 16.6 Å². The monoisotopic (exact) mass is 831 g/mol. The van der Waals surface area contributed by atoms with Crippen LogP contribution in [0.15, 0.2) is 84.9 Å². The zero-order chi connectivity index (χ0) is 42.5. The van der Waals surface area contributed by atoms with Crippen molar-refractivity contribution in [2.45, 2.75) is 219 Å². The Morgan fingerprint density at radius 3 is 1.41 bits per heavy atom. The summed E-state index contributed by atoms with van der Waals surface area (Å²) < 4.78 is 27.8. The van der Waals surface area contributed by atoms with Crippen LogP contribution in [0.3, 0.4) is 0 Å². The number of rotatable bonds is 29. The van der Waals surface area contributed by atoms with E-state index >= 15 is 0 Å². The van der Waals surface area contributed by atoms with Crippen LogP contribution in [0.25, 0.3) is 0 Å². The Kier molecular flexibility index (Phi) is 22.1. The average Bonchev–Trinajstić information content (AvgIpc) is 3.17. The van der Waals surface area contributed by atoms with Crippen LogP contribution in [0, 0.1) is 0 Å². The molecule has 0 N–H and O–H groups in total. The molecule has 0 aliphatic heterocycles. The summed E-state index contributed by atoms with van der Waals surface area (Å²) in [5, 5.41) is 0.267. The first-order valence-electron chi connectivity index (χ1n) is 23.3. The average molecular weight is 831 g/mol. The van der Waals surface area contributed by atoms with Gasteiger partial charge in [0.1, 0.15) is 12.4 Å². The van der Waals surface area contributed by atoms with Gasteiger partial charge in [-0.15, -0.1) is 0 Å². The van der Waals surface area contributed by atoms with Crippen LogP contribution >= 0.6 is 0 Å². The molecular formula is C52H86O4Si2. The van der Waals surface area contributed by atoms with Gasteiger partial charge in [-0.05, 0) is 97.2 Å². The smallest absolute Gasteiger partial charge is 0.192 e. The van der Waals surface area contributed by atoms with Crippen LogP contribution in [0.5, 0.6) is 5.75 Å². The van der Waals surface area contributed by atoms with E-state index in [1.165, 1.54) is 87.3 Å². The Morgan fingerprint density at radius 2 is 0.914 bits per heavy atom. The van der Waals surface area contributed by atoms with Gasteiger partial charge in [0.15, 0.2) is 16.6 Å². The normalized spacial score (nSPS) is 14.3. The van der Waals surface area contributed by atoms with Gasteiger partial charge in [-0.3, -0.25) is 0 Å². The summed E-state index contributed by atoms with van der Waals surface area (Å²) in [5.41, 5.74) is 3.69. The number of benzene rings is 3. The van der Waals surface area contributed by atoms with Crippen molar-refractivity contribution in [2.24, 2.45) is 0 Å². The minimum atomic E-state index is -2.09. The summed E-state index contributed by atoms with van der Waals surface area (Å²) in [6, 6.07) is 29.7. The summed E-state index contributed by atoms with van der Waals surface area (Å²) in [7, 11) is -4.10. The molecule has 4 nitrogen and oxygen atoms in total. The summed E-state index contributed by atoms with van der Waals surface area (Å²) in [4.78, 5) is 0. The number of hydrogen-bond donors (Lipinski definition) is 0. The fourth-order valence-electron chi connectivity index (χ4n) is 7.11. The molecule has 0 unspecified atom stereocenters. The Balaban J connectivity index is 1.76. The third-order valence-corrected chi connectivity index (χ3v) is 22.0. The molecule has 326 valence electrons. The Hall–Kier alpha value is -2.23. The van der Waals surface area contributed by atoms with Crippen LogP contribution in [0.1, 0.15) is 161 Å². The molecule has 0 radical (unpaired) electrons. The molecule has 0 fully saturated rings. The largest absolute Gasteiger partial charge is 0.489 e. The van der Waals surface area contributed by atoms with Crippen LogP contribution in [0.2, 0.25) is 36.3 Å². The van der Waals surface area contributed by atoms with Crippen LogP contribution in [-0.4, -0.2) is 34.9 Å². The van der Waals surface area contributed by atoms with Crippen molar-refractivity contribution in [3.05, 3.63) is 102 Å². The molecule has 0 bridgehead atoms. The summed E-state index contributed by atoms with van der Waals surface area (Å²) in [6.07, 6.45) is 20.0. The van der Waals surface area contributed by atoms with E-state index < -0.39 is 16.6 Å². The summed E-state index contributed by atoms with van der Waals surface area (Å²) in [5.74, 6) is 0.901. The highest BCUT2D eigenvalue weighted by Crippen LogP contribution is 2.41. The lowest BCUT2D eigenvalue weighted by Crippen LogP contribution is -2.48. The SMILES string of the molecule is CCCCCCCCCCCCC[C@H](C[C@@H](C[C@@H](CCc1ccc(OCc2ccccc2)cc1)OCc1ccccc1)O[Si](C)(C)C(C)(C)C)O[Si](C)(C)C(C)(C)C. The molecule has 0 saturated carbocycles. The molecule has 3 aromatic rings. The molecule has 58 heavy (non-hydrogen) atoms. The maximum atomic E-state index is 7.43. The second-order valence-electron chi connectivity index (χ2n) is 20.2. The molecule has 3 aromatic carbocycles. The molecular weight excluding hydrogens is 745 g/mol.